The minimum Gasteiger partial charge on any atom is -0.356 e. The van der Waals surface area contributed by atoms with Gasteiger partial charge in [0.25, 0.3) is 10.0 Å². The van der Waals surface area contributed by atoms with E-state index in [0.29, 0.717) is 19.4 Å². The third-order valence-corrected chi connectivity index (χ3v) is 7.73. The molecule has 0 bridgehead atoms. The molecule has 0 aromatic heterocycles. The Morgan fingerprint density at radius 1 is 1.11 bits per heavy atom. The van der Waals surface area contributed by atoms with Crippen molar-refractivity contribution in [2.24, 2.45) is 22.7 Å². The van der Waals surface area contributed by atoms with Gasteiger partial charge in [-0.3, -0.25) is 4.99 Å². The van der Waals surface area contributed by atoms with Crippen molar-refractivity contribution >= 4 is 40.0 Å². The first-order valence-corrected chi connectivity index (χ1v) is 11.1. The van der Waals surface area contributed by atoms with E-state index in [1.807, 2.05) is 0 Å². The summed E-state index contributed by atoms with van der Waals surface area (Å²) < 4.78 is 49.3. The van der Waals surface area contributed by atoms with Gasteiger partial charge in [-0.05, 0) is 43.4 Å². The topological polar surface area (TPSA) is 65.0 Å². The molecule has 2 saturated heterocycles. The lowest BCUT2D eigenvalue weighted by molar-refractivity contribution is 0.204. The zero-order chi connectivity index (χ0) is 18.7. The summed E-state index contributed by atoms with van der Waals surface area (Å²) in [6.07, 6.45) is 6.50. The molecular weight excluding hydrogens is 489 g/mol. The summed E-state index contributed by atoms with van der Waals surface area (Å²) >= 11 is 0. The molecule has 2 aliphatic heterocycles. The molecule has 158 valence electrons. The maximum absolute atomic E-state index is 12.6. The van der Waals surface area contributed by atoms with Crippen LogP contribution in [-0.4, -0.2) is 69.1 Å². The van der Waals surface area contributed by atoms with Gasteiger partial charge in [0, 0.05) is 39.8 Å². The smallest absolute Gasteiger partial charge is 0.350 e. The van der Waals surface area contributed by atoms with Crippen LogP contribution >= 0.6 is 24.0 Å². The summed E-state index contributed by atoms with van der Waals surface area (Å²) in [4.78, 5) is 6.76. The average Bonchev–Trinajstić information content (AvgIpc) is 3.06. The number of hydrogen-bond acceptors (Lipinski definition) is 3. The van der Waals surface area contributed by atoms with Gasteiger partial charge in [0.2, 0.25) is 0 Å². The molecule has 10 heteroatoms. The van der Waals surface area contributed by atoms with Crippen molar-refractivity contribution in [3.8, 4) is 0 Å². The van der Waals surface area contributed by atoms with Crippen LogP contribution in [0.2, 0.25) is 0 Å². The van der Waals surface area contributed by atoms with E-state index in [1.165, 1.54) is 25.7 Å². The normalized spacial score (nSPS) is 28.1. The van der Waals surface area contributed by atoms with E-state index in [2.05, 4.69) is 15.2 Å². The molecule has 0 spiro atoms. The van der Waals surface area contributed by atoms with E-state index in [0.717, 1.165) is 35.2 Å². The fraction of sp³-hybridized carbons (Fsp3) is 0.941. The highest BCUT2D eigenvalue weighted by atomic mass is 127. The van der Waals surface area contributed by atoms with E-state index in [4.69, 9.17) is 0 Å². The fourth-order valence-corrected chi connectivity index (χ4v) is 5.57. The Bertz CT molecular complexity index is 598. The Hall–Kier alpha value is -0.230. The van der Waals surface area contributed by atoms with Gasteiger partial charge >= 0.3 is 5.76 Å². The van der Waals surface area contributed by atoms with E-state index in [9.17, 15) is 17.2 Å². The number of nitrogens with one attached hydrogen (secondary N) is 1. The first-order valence-electron chi connectivity index (χ1n) is 9.64. The summed E-state index contributed by atoms with van der Waals surface area (Å²) in [7, 11) is -2.64. The molecule has 1 aliphatic carbocycles. The Kier molecular flexibility index (Phi) is 8.54. The van der Waals surface area contributed by atoms with Crippen LogP contribution in [0.25, 0.3) is 0 Å². The monoisotopic (exact) mass is 520 g/mol. The van der Waals surface area contributed by atoms with Gasteiger partial charge in [-0.15, -0.1) is 24.0 Å². The maximum atomic E-state index is 12.6. The van der Waals surface area contributed by atoms with E-state index >= 15 is 0 Å². The van der Waals surface area contributed by atoms with Crippen LogP contribution in [0.15, 0.2) is 4.99 Å². The largest absolute Gasteiger partial charge is 0.356 e. The van der Waals surface area contributed by atoms with Crippen molar-refractivity contribution in [2.75, 3.05) is 39.8 Å². The lowest BCUT2D eigenvalue weighted by atomic mass is 9.82. The molecule has 3 rings (SSSR count). The quantitative estimate of drug-likeness (QED) is 0.352. The van der Waals surface area contributed by atoms with Crippen molar-refractivity contribution in [1.82, 2.24) is 14.5 Å². The standard InChI is InChI=1S/C17H30F2N4O2S.HI/c1-20-17(22-11-14-4-2-3-5-15(14)12-22)21-10-13-6-8-23(9-7-13)26(24,25)16(18)19;/h13-16H,2-12H2,1H3,(H,20,21);1H. The number of likely N-dealkylation sites (tertiary alicyclic amines) is 1. The molecule has 0 amide bonds. The molecule has 3 fully saturated rings. The number of hydrogen-bond donors (Lipinski definition) is 1. The van der Waals surface area contributed by atoms with E-state index < -0.39 is 15.8 Å². The highest BCUT2D eigenvalue weighted by Gasteiger charge is 2.37. The summed E-state index contributed by atoms with van der Waals surface area (Å²) in [5.41, 5.74) is 0. The lowest BCUT2D eigenvalue weighted by Gasteiger charge is -2.32. The molecule has 0 aromatic carbocycles. The minimum atomic E-state index is -4.44. The predicted octanol–water partition coefficient (Wildman–Crippen LogP) is 2.57. The molecule has 0 radical (unpaired) electrons. The van der Waals surface area contributed by atoms with Crippen LogP contribution < -0.4 is 5.32 Å². The van der Waals surface area contributed by atoms with Crippen LogP contribution in [0.4, 0.5) is 8.78 Å². The second kappa shape index (κ2) is 10.00. The second-order valence-electron chi connectivity index (χ2n) is 7.79. The van der Waals surface area contributed by atoms with Gasteiger partial charge in [0.15, 0.2) is 5.96 Å². The molecule has 0 aromatic rings. The highest BCUT2D eigenvalue weighted by molar-refractivity contribution is 14.0. The molecule has 3 aliphatic rings. The highest BCUT2D eigenvalue weighted by Crippen LogP contribution is 2.36. The van der Waals surface area contributed by atoms with Gasteiger partial charge in [-0.1, -0.05) is 12.8 Å². The molecule has 6 nitrogen and oxygen atoms in total. The number of guanidine groups is 1. The average molecular weight is 520 g/mol. The predicted molar refractivity (Wildman–Crippen MR) is 113 cm³/mol. The summed E-state index contributed by atoms with van der Waals surface area (Å²) in [5.74, 6) is -0.562. The summed E-state index contributed by atoms with van der Waals surface area (Å²) in [6.45, 7) is 3.18. The first-order chi connectivity index (χ1) is 12.4. The number of halogens is 3. The number of sulfonamides is 1. The van der Waals surface area contributed by atoms with Crippen molar-refractivity contribution in [3.63, 3.8) is 0 Å². The van der Waals surface area contributed by atoms with Gasteiger partial charge in [0.1, 0.15) is 0 Å². The molecule has 27 heavy (non-hydrogen) atoms. The maximum Gasteiger partial charge on any atom is 0.350 e. The van der Waals surface area contributed by atoms with Crippen molar-refractivity contribution < 1.29 is 17.2 Å². The Morgan fingerprint density at radius 3 is 2.15 bits per heavy atom. The zero-order valence-corrected chi connectivity index (χ0v) is 19.0. The number of nitrogens with zero attached hydrogens (tertiary/aromatic N) is 3. The Morgan fingerprint density at radius 2 is 1.67 bits per heavy atom. The number of alkyl halides is 2. The van der Waals surface area contributed by atoms with Crippen molar-refractivity contribution in [3.05, 3.63) is 0 Å². The fourth-order valence-electron chi connectivity index (χ4n) is 4.63. The minimum absolute atomic E-state index is 0. The summed E-state index contributed by atoms with van der Waals surface area (Å²) in [6, 6.07) is 0. The Balaban J connectivity index is 0.00000261. The molecular formula is C17H31F2IN4O2S. The number of rotatable bonds is 4. The third-order valence-electron chi connectivity index (χ3n) is 6.20. The van der Waals surface area contributed by atoms with E-state index in [-0.39, 0.29) is 43.0 Å². The van der Waals surface area contributed by atoms with Crippen LogP contribution in [0.5, 0.6) is 0 Å². The van der Waals surface area contributed by atoms with Gasteiger partial charge in [0.05, 0.1) is 0 Å². The lowest BCUT2D eigenvalue weighted by Crippen LogP contribution is -2.46. The van der Waals surface area contributed by atoms with Crippen LogP contribution in [0, 0.1) is 17.8 Å². The molecule has 2 heterocycles. The molecule has 1 saturated carbocycles. The number of aliphatic imine (C=N–C) groups is 1. The van der Waals surface area contributed by atoms with Crippen LogP contribution in [-0.2, 0) is 10.0 Å². The van der Waals surface area contributed by atoms with Gasteiger partial charge < -0.3 is 10.2 Å². The third kappa shape index (κ3) is 5.43. The zero-order valence-electron chi connectivity index (χ0n) is 15.8. The molecule has 2 atom stereocenters. The first kappa shape index (κ1) is 23.1. The van der Waals surface area contributed by atoms with Crippen LogP contribution in [0.1, 0.15) is 38.5 Å². The van der Waals surface area contributed by atoms with Crippen LogP contribution in [0.3, 0.4) is 0 Å². The van der Waals surface area contributed by atoms with Crippen molar-refractivity contribution in [2.45, 2.75) is 44.3 Å². The number of piperidine rings is 1. The molecule has 1 N–H and O–H groups in total. The second-order valence-corrected chi connectivity index (χ2v) is 9.69. The SMILES string of the molecule is CN=C(NCC1CCN(S(=O)(=O)C(F)F)CC1)N1CC2CCCCC2C1.I. The Labute approximate surface area is 178 Å². The van der Waals surface area contributed by atoms with Gasteiger partial charge in [-0.25, -0.2) is 8.42 Å². The number of fused-ring (bicyclic) bond motifs is 1. The molecule has 2 unspecified atom stereocenters. The van der Waals surface area contributed by atoms with E-state index in [1.54, 1.807) is 7.05 Å². The van der Waals surface area contributed by atoms with Crippen molar-refractivity contribution in [1.29, 1.82) is 0 Å². The van der Waals surface area contributed by atoms with Gasteiger partial charge in [-0.2, -0.15) is 13.1 Å². The summed E-state index contributed by atoms with van der Waals surface area (Å²) in [5, 5.41) is 3.43.